The summed E-state index contributed by atoms with van der Waals surface area (Å²) < 4.78 is 38.8. The third kappa shape index (κ3) is 2.88. The first-order valence-corrected chi connectivity index (χ1v) is 6.45. The predicted molar refractivity (Wildman–Crippen MR) is 70.1 cm³/mol. The molecule has 2 atom stereocenters. The molecule has 108 valence electrons. The van der Waals surface area contributed by atoms with Crippen LogP contribution in [0.2, 0.25) is 0 Å². The molecule has 0 aromatic heterocycles. The van der Waals surface area contributed by atoms with Crippen LogP contribution >= 0.6 is 0 Å². The van der Waals surface area contributed by atoms with E-state index in [4.69, 9.17) is 11.0 Å². The lowest BCUT2D eigenvalue weighted by Gasteiger charge is -2.21. The predicted octanol–water partition coefficient (Wildman–Crippen LogP) is 2.75. The van der Waals surface area contributed by atoms with Gasteiger partial charge in [-0.2, -0.15) is 18.4 Å². The lowest BCUT2D eigenvalue weighted by molar-refractivity contribution is -0.137. The van der Waals surface area contributed by atoms with Crippen LogP contribution in [0.15, 0.2) is 18.2 Å². The quantitative estimate of drug-likeness (QED) is 0.908. The first kappa shape index (κ1) is 14.7. The van der Waals surface area contributed by atoms with Gasteiger partial charge in [-0.1, -0.05) is 0 Å². The number of halogens is 3. The highest BCUT2D eigenvalue weighted by Crippen LogP contribution is 2.35. The van der Waals surface area contributed by atoms with Gasteiger partial charge in [-0.3, -0.25) is 0 Å². The van der Waals surface area contributed by atoms with Gasteiger partial charge in [0.25, 0.3) is 0 Å². The van der Waals surface area contributed by atoms with Crippen molar-refractivity contribution < 1.29 is 13.2 Å². The molecule has 0 amide bonds. The molecule has 2 unspecified atom stereocenters. The van der Waals surface area contributed by atoms with E-state index in [0.29, 0.717) is 24.7 Å². The van der Waals surface area contributed by atoms with Crippen LogP contribution in [0.4, 0.5) is 18.9 Å². The van der Waals surface area contributed by atoms with Crippen molar-refractivity contribution in [2.24, 2.45) is 11.7 Å². The molecule has 0 aliphatic carbocycles. The molecule has 1 aliphatic heterocycles. The molecule has 1 aliphatic rings. The van der Waals surface area contributed by atoms with Crippen LogP contribution < -0.4 is 10.6 Å². The number of benzene rings is 1. The van der Waals surface area contributed by atoms with Gasteiger partial charge in [0.2, 0.25) is 0 Å². The highest BCUT2D eigenvalue weighted by molar-refractivity contribution is 5.55. The maximum Gasteiger partial charge on any atom is 0.417 e. The van der Waals surface area contributed by atoms with Crippen LogP contribution in [0.1, 0.15) is 24.5 Å². The summed E-state index contributed by atoms with van der Waals surface area (Å²) in [5.74, 6) is 0.292. The zero-order valence-corrected chi connectivity index (χ0v) is 11.1. The Morgan fingerprint density at radius 1 is 1.45 bits per heavy atom. The molecule has 1 heterocycles. The largest absolute Gasteiger partial charge is 0.417 e. The summed E-state index contributed by atoms with van der Waals surface area (Å²) in [6.45, 7) is 3.25. The lowest BCUT2D eigenvalue weighted by Crippen LogP contribution is -2.29. The minimum Gasteiger partial charge on any atom is -0.371 e. The van der Waals surface area contributed by atoms with Crippen molar-refractivity contribution in [3.8, 4) is 6.07 Å². The number of nitrogens with two attached hydrogens (primary N) is 1. The second kappa shape index (κ2) is 5.33. The van der Waals surface area contributed by atoms with E-state index in [0.717, 1.165) is 12.5 Å². The molecule has 1 aromatic carbocycles. The summed E-state index contributed by atoms with van der Waals surface area (Å²) in [6, 6.07) is 5.47. The highest BCUT2D eigenvalue weighted by atomic mass is 19.4. The van der Waals surface area contributed by atoms with Crippen LogP contribution in [0, 0.1) is 17.2 Å². The number of anilines is 1. The van der Waals surface area contributed by atoms with E-state index in [1.165, 1.54) is 6.07 Å². The first-order valence-electron chi connectivity index (χ1n) is 6.45. The zero-order valence-electron chi connectivity index (χ0n) is 11.1. The van der Waals surface area contributed by atoms with Gasteiger partial charge in [0, 0.05) is 24.8 Å². The number of hydrogen-bond donors (Lipinski definition) is 1. The van der Waals surface area contributed by atoms with Crippen molar-refractivity contribution in [1.29, 1.82) is 5.26 Å². The van der Waals surface area contributed by atoms with Gasteiger partial charge in [0.1, 0.15) is 0 Å². The monoisotopic (exact) mass is 283 g/mol. The van der Waals surface area contributed by atoms with Crippen LogP contribution in [0.25, 0.3) is 0 Å². The smallest absolute Gasteiger partial charge is 0.371 e. The Morgan fingerprint density at radius 2 is 2.15 bits per heavy atom. The van der Waals surface area contributed by atoms with E-state index in [1.807, 2.05) is 11.8 Å². The number of nitriles is 1. The molecule has 6 heteroatoms. The summed E-state index contributed by atoms with van der Waals surface area (Å²) in [4.78, 5) is 1.89. The van der Waals surface area contributed by atoms with E-state index in [2.05, 4.69) is 0 Å². The molecule has 0 spiro atoms. The summed E-state index contributed by atoms with van der Waals surface area (Å²) >= 11 is 0. The maximum atomic E-state index is 12.9. The number of nitrogens with zero attached hydrogens (tertiary/aromatic N) is 2. The Balaban J connectivity index is 2.29. The normalized spacial score (nSPS) is 20.8. The van der Waals surface area contributed by atoms with E-state index in [9.17, 15) is 13.2 Å². The Morgan fingerprint density at radius 3 is 2.65 bits per heavy atom. The first-order chi connectivity index (χ1) is 9.32. The average Bonchev–Trinajstić information content (AvgIpc) is 2.86. The molecule has 1 saturated heterocycles. The summed E-state index contributed by atoms with van der Waals surface area (Å²) in [5.41, 5.74) is 5.12. The topological polar surface area (TPSA) is 53.0 Å². The minimum atomic E-state index is -4.51. The summed E-state index contributed by atoms with van der Waals surface area (Å²) in [6.07, 6.45) is -3.64. The third-order valence-corrected chi connectivity index (χ3v) is 3.76. The van der Waals surface area contributed by atoms with Crippen molar-refractivity contribution in [3.05, 3.63) is 29.3 Å². The molecule has 3 nitrogen and oxygen atoms in total. The van der Waals surface area contributed by atoms with E-state index in [1.54, 1.807) is 12.1 Å². The lowest BCUT2D eigenvalue weighted by atomic mass is 10.0. The number of alkyl halides is 3. The van der Waals surface area contributed by atoms with Crippen LogP contribution in [-0.4, -0.2) is 19.1 Å². The summed E-state index contributed by atoms with van der Waals surface area (Å²) in [5, 5.41) is 8.77. The van der Waals surface area contributed by atoms with Gasteiger partial charge in [-0.15, -0.1) is 0 Å². The Kier molecular flexibility index (Phi) is 3.91. The molecular formula is C14H16F3N3. The van der Waals surface area contributed by atoms with Crippen molar-refractivity contribution in [1.82, 2.24) is 0 Å². The van der Waals surface area contributed by atoms with Gasteiger partial charge in [-0.25, -0.2) is 0 Å². The fourth-order valence-corrected chi connectivity index (χ4v) is 2.51. The molecule has 1 aromatic rings. The van der Waals surface area contributed by atoms with Crippen LogP contribution in [0.5, 0.6) is 0 Å². The molecule has 0 saturated carbocycles. The fraction of sp³-hybridized carbons (Fsp3) is 0.500. The van der Waals surface area contributed by atoms with E-state index in [-0.39, 0.29) is 11.6 Å². The van der Waals surface area contributed by atoms with E-state index >= 15 is 0 Å². The number of rotatable bonds is 2. The Labute approximate surface area is 115 Å². The second-order valence-corrected chi connectivity index (χ2v) is 5.19. The van der Waals surface area contributed by atoms with Gasteiger partial charge < -0.3 is 10.6 Å². The SMILES string of the molecule is CC(N)C1CCN(c2ccc(C#N)c(C(F)(F)F)c2)C1. The van der Waals surface area contributed by atoms with Crippen molar-refractivity contribution in [2.45, 2.75) is 25.6 Å². The molecular weight excluding hydrogens is 267 g/mol. The molecule has 0 bridgehead atoms. The molecule has 2 N–H and O–H groups in total. The summed E-state index contributed by atoms with van der Waals surface area (Å²) in [7, 11) is 0. The van der Waals surface area contributed by atoms with Gasteiger partial charge in [-0.05, 0) is 37.5 Å². The molecule has 0 radical (unpaired) electrons. The molecule has 1 fully saturated rings. The third-order valence-electron chi connectivity index (χ3n) is 3.76. The van der Waals surface area contributed by atoms with Crippen molar-refractivity contribution >= 4 is 5.69 Å². The van der Waals surface area contributed by atoms with Crippen LogP contribution in [-0.2, 0) is 6.18 Å². The zero-order chi connectivity index (χ0) is 14.9. The average molecular weight is 283 g/mol. The number of hydrogen-bond acceptors (Lipinski definition) is 3. The standard InChI is InChI=1S/C14H16F3N3/c1-9(19)11-4-5-20(8-11)12-3-2-10(7-18)13(6-12)14(15,16)17/h2-3,6,9,11H,4-5,8,19H2,1H3. The van der Waals surface area contributed by atoms with Crippen molar-refractivity contribution in [2.75, 3.05) is 18.0 Å². The maximum absolute atomic E-state index is 12.9. The Hall–Kier alpha value is -1.74. The van der Waals surface area contributed by atoms with Crippen LogP contribution in [0.3, 0.4) is 0 Å². The van der Waals surface area contributed by atoms with Gasteiger partial charge in [0.05, 0.1) is 17.2 Å². The highest BCUT2D eigenvalue weighted by Gasteiger charge is 2.35. The van der Waals surface area contributed by atoms with E-state index < -0.39 is 11.7 Å². The second-order valence-electron chi connectivity index (χ2n) is 5.19. The van der Waals surface area contributed by atoms with Gasteiger partial charge in [0.15, 0.2) is 0 Å². The Bertz CT molecular complexity index is 531. The molecule has 20 heavy (non-hydrogen) atoms. The van der Waals surface area contributed by atoms with Gasteiger partial charge >= 0.3 is 6.18 Å². The van der Waals surface area contributed by atoms with Crippen molar-refractivity contribution in [3.63, 3.8) is 0 Å². The molecule has 2 rings (SSSR count). The fourth-order valence-electron chi connectivity index (χ4n) is 2.51. The minimum absolute atomic E-state index is 0.0282.